The lowest BCUT2D eigenvalue weighted by Gasteiger charge is -2.10. The summed E-state index contributed by atoms with van der Waals surface area (Å²) in [5.74, 6) is 0.125. The number of hydrogen-bond donors (Lipinski definition) is 1. The normalized spacial score (nSPS) is 13.3. The van der Waals surface area contributed by atoms with Gasteiger partial charge in [-0.15, -0.1) is 0 Å². The van der Waals surface area contributed by atoms with Crippen LogP contribution in [-0.2, 0) is 13.1 Å². The Morgan fingerprint density at radius 2 is 1.60 bits per heavy atom. The van der Waals surface area contributed by atoms with Gasteiger partial charge in [-0.1, -0.05) is 18.2 Å². The average molecular weight is 265 g/mol. The third-order valence-corrected chi connectivity index (χ3v) is 4.18. The molecule has 0 aliphatic carbocycles. The van der Waals surface area contributed by atoms with Gasteiger partial charge >= 0.3 is 0 Å². The predicted octanol–water partition coefficient (Wildman–Crippen LogP) is 3.45. The molecule has 0 radical (unpaired) electrons. The quantitative estimate of drug-likeness (QED) is 0.843. The molecule has 0 spiro atoms. The Kier molecular flexibility index (Phi) is 3.19. The zero-order valence-corrected chi connectivity index (χ0v) is 12.2. The number of ketones is 1. The van der Waals surface area contributed by atoms with E-state index in [1.165, 1.54) is 22.3 Å². The summed E-state index contributed by atoms with van der Waals surface area (Å²) < 4.78 is 0. The summed E-state index contributed by atoms with van der Waals surface area (Å²) in [6.07, 6.45) is 0. The lowest BCUT2D eigenvalue weighted by atomic mass is 9.93. The summed E-state index contributed by atoms with van der Waals surface area (Å²) in [4.78, 5) is 12.7. The summed E-state index contributed by atoms with van der Waals surface area (Å²) in [7, 11) is 0. The van der Waals surface area contributed by atoms with E-state index in [1.54, 1.807) is 0 Å². The van der Waals surface area contributed by atoms with E-state index in [1.807, 2.05) is 25.1 Å². The Morgan fingerprint density at radius 1 is 0.900 bits per heavy atom. The maximum Gasteiger partial charge on any atom is 0.193 e. The van der Waals surface area contributed by atoms with Crippen molar-refractivity contribution in [3.05, 3.63) is 69.3 Å². The van der Waals surface area contributed by atoms with Crippen molar-refractivity contribution in [1.82, 2.24) is 5.32 Å². The van der Waals surface area contributed by atoms with Crippen molar-refractivity contribution in [2.45, 2.75) is 33.9 Å². The van der Waals surface area contributed by atoms with Gasteiger partial charge in [0.2, 0.25) is 0 Å². The molecule has 1 aliphatic rings. The average Bonchev–Trinajstić information content (AvgIpc) is 2.89. The number of carbonyl (C=O) groups excluding carboxylic acids is 1. The predicted molar refractivity (Wildman–Crippen MR) is 81.1 cm³/mol. The number of rotatable bonds is 2. The largest absolute Gasteiger partial charge is 0.309 e. The SMILES string of the molecule is Cc1cc(C)c(C(=O)c2ccc3c(c2)CNC3)cc1C. The van der Waals surface area contributed by atoms with Crippen molar-refractivity contribution < 1.29 is 4.79 Å². The molecule has 1 heterocycles. The van der Waals surface area contributed by atoms with Gasteiger partial charge in [0.1, 0.15) is 0 Å². The standard InChI is InChI=1S/C18H19NO/c1-11-6-13(3)17(7-12(11)2)18(20)14-4-5-15-9-19-10-16(15)8-14/h4-8,19H,9-10H2,1-3H3. The van der Waals surface area contributed by atoms with Crippen LogP contribution in [0.1, 0.15) is 43.7 Å². The van der Waals surface area contributed by atoms with Crippen LogP contribution < -0.4 is 5.32 Å². The molecule has 0 saturated heterocycles. The minimum Gasteiger partial charge on any atom is -0.309 e. The second-order valence-electron chi connectivity index (χ2n) is 5.67. The maximum atomic E-state index is 12.7. The Labute approximate surface area is 119 Å². The molecule has 0 aromatic heterocycles. The van der Waals surface area contributed by atoms with Crippen molar-refractivity contribution in [1.29, 1.82) is 0 Å². The van der Waals surface area contributed by atoms with Gasteiger partial charge in [-0.25, -0.2) is 0 Å². The molecule has 20 heavy (non-hydrogen) atoms. The van der Waals surface area contributed by atoms with E-state index in [0.29, 0.717) is 0 Å². The smallest absolute Gasteiger partial charge is 0.193 e. The molecule has 1 aliphatic heterocycles. The first-order valence-corrected chi connectivity index (χ1v) is 7.01. The summed E-state index contributed by atoms with van der Waals surface area (Å²) in [6.45, 7) is 7.92. The van der Waals surface area contributed by atoms with E-state index in [9.17, 15) is 4.79 Å². The fraction of sp³-hybridized carbons (Fsp3) is 0.278. The van der Waals surface area contributed by atoms with Crippen LogP contribution in [0.15, 0.2) is 30.3 Å². The van der Waals surface area contributed by atoms with Crippen LogP contribution in [0.3, 0.4) is 0 Å². The molecule has 2 nitrogen and oxygen atoms in total. The second-order valence-corrected chi connectivity index (χ2v) is 5.67. The third-order valence-electron chi connectivity index (χ3n) is 4.18. The van der Waals surface area contributed by atoms with E-state index in [0.717, 1.165) is 29.8 Å². The molecular formula is C18H19NO. The van der Waals surface area contributed by atoms with Crippen LogP contribution >= 0.6 is 0 Å². The van der Waals surface area contributed by atoms with Gasteiger partial charge in [-0.2, -0.15) is 0 Å². The molecule has 0 saturated carbocycles. The minimum atomic E-state index is 0.125. The fourth-order valence-corrected chi connectivity index (χ4v) is 2.80. The van der Waals surface area contributed by atoms with Crippen LogP contribution in [0.5, 0.6) is 0 Å². The lowest BCUT2D eigenvalue weighted by molar-refractivity contribution is 0.103. The first-order valence-electron chi connectivity index (χ1n) is 7.01. The highest BCUT2D eigenvalue weighted by molar-refractivity contribution is 6.10. The molecular weight excluding hydrogens is 246 g/mol. The van der Waals surface area contributed by atoms with Crippen molar-refractivity contribution in [2.24, 2.45) is 0 Å². The van der Waals surface area contributed by atoms with Crippen LogP contribution in [0, 0.1) is 20.8 Å². The highest BCUT2D eigenvalue weighted by Gasteiger charge is 2.16. The number of carbonyl (C=O) groups is 1. The third kappa shape index (κ3) is 2.16. The Morgan fingerprint density at radius 3 is 2.40 bits per heavy atom. The van der Waals surface area contributed by atoms with Gasteiger partial charge in [-0.3, -0.25) is 4.79 Å². The molecule has 0 bridgehead atoms. The molecule has 0 fully saturated rings. The van der Waals surface area contributed by atoms with Gasteiger partial charge in [0.15, 0.2) is 5.78 Å². The summed E-state index contributed by atoms with van der Waals surface area (Å²) >= 11 is 0. The first-order chi connectivity index (χ1) is 9.56. The first kappa shape index (κ1) is 13.1. The monoisotopic (exact) mass is 265 g/mol. The van der Waals surface area contributed by atoms with Crippen molar-refractivity contribution in [3.63, 3.8) is 0 Å². The fourth-order valence-electron chi connectivity index (χ4n) is 2.80. The van der Waals surface area contributed by atoms with Crippen LogP contribution in [0.25, 0.3) is 0 Å². The number of aryl methyl sites for hydroxylation is 3. The van der Waals surface area contributed by atoms with E-state index in [2.05, 4.69) is 31.3 Å². The molecule has 102 valence electrons. The summed E-state index contributed by atoms with van der Waals surface area (Å²) in [6, 6.07) is 10.2. The molecule has 1 N–H and O–H groups in total. The van der Waals surface area contributed by atoms with Crippen LogP contribution in [0.2, 0.25) is 0 Å². The van der Waals surface area contributed by atoms with E-state index in [-0.39, 0.29) is 5.78 Å². The van der Waals surface area contributed by atoms with E-state index >= 15 is 0 Å². The van der Waals surface area contributed by atoms with E-state index < -0.39 is 0 Å². The highest BCUT2D eigenvalue weighted by atomic mass is 16.1. The van der Waals surface area contributed by atoms with Crippen LogP contribution in [-0.4, -0.2) is 5.78 Å². The highest BCUT2D eigenvalue weighted by Crippen LogP contribution is 2.22. The topological polar surface area (TPSA) is 29.1 Å². The molecule has 2 heteroatoms. The van der Waals surface area contributed by atoms with Gasteiger partial charge in [0, 0.05) is 24.2 Å². The lowest BCUT2D eigenvalue weighted by Crippen LogP contribution is -2.06. The molecule has 3 rings (SSSR count). The van der Waals surface area contributed by atoms with Crippen molar-refractivity contribution in [2.75, 3.05) is 0 Å². The minimum absolute atomic E-state index is 0.125. The van der Waals surface area contributed by atoms with Gasteiger partial charge in [-0.05, 0) is 60.7 Å². The Bertz CT molecular complexity index is 701. The number of fused-ring (bicyclic) bond motifs is 1. The van der Waals surface area contributed by atoms with Gasteiger partial charge < -0.3 is 5.32 Å². The number of hydrogen-bond acceptors (Lipinski definition) is 2. The summed E-state index contributed by atoms with van der Waals surface area (Å²) in [5, 5.41) is 3.31. The zero-order chi connectivity index (χ0) is 14.3. The Hall–Kier alpha value is -1.93. The molecule has 0 atom stereocenters. The molecule has 2 aromatic rings. The van der Waals surface area contributed by atoms with E-state index in [4.69, 9.17) is 0 Å². The Balaban J connectivity index is 2.03. The number of nitrogens with one attached hydrogen (secondary N) is 1. The second kappa shape index (κ2) is 4.88. The maximum absolute atomic E-state index is 12.7. The van der Waals surface area contributed by atoms with Crippen molar-refractivity contribution in [3.8, 4) is 0 Å². The molecule has 0 amide bonds. The van der Waals surface area contributed by atoms with Crippen molar-refractivity contribution >= 4 is 5.78 Å². The summed E-state index contributed by atoms with van der Waals surface area (Å²) in [5.41, 5.74) is 7.62. The van der Waals surface area contributed by atoms with Crippen LogP contribution in [0.4, 0.5) is 0 Å². The number of benzene rings is 2. The van der Waals surface area contributed by atoms with Gasteiger partial charge in [0.25, 0.3) is 0 Å². The molecule has 0 unspecified atom stereocenters. The zero-order valence-electron chi connectivity index (χ0n) is 12.2. The molecule has 2 aromatic carbocycles. The van der Waals surface area contributed by atoms with Gasteiger partial charge in [0.05, 0.1) is 0 Å².